The first-order valence-corrected chi connectivity index (χ1v) is 8.22. The maximum atomic E-state index is 5.18. The van der Waals surface area contributed by atoms with Gasteiger partial charge in [0.2, 0.25) is 5.88 Å². The molecule has 4 aromatic rings. The Hall–Kier alpha value is -3.22. The Labute approximate surface area is 143 Å². The van der Waals surface area contributed by atoms with E-state index in [4.69, 9.17) is 9.72 Å². The van der Waals surface area contributed by atoms with Gasteiger partial charge in [0.25, 0.3) is 0 Å². The molecule has 1 aliphatic carbocycles. The van der Waals surface area contributed by atoms with E-state index in [0.717, 1.165) is 33.4 Å². The van der Waals surface area contributed by atoms with E-state index in [9.17, 15) is 0 Å². The van der Waals surface area contributed by atoms with Crippen LogP contribution < -0.4 is 4.74 Å². The van der Waals surface area contributed by atoms with Crippen molar-refractivity contribution in [3.05, 3.63) is 42.5 Å². The largest absolute Gasteiger partial charge is 0.481 e. The number of nitrogens with zero attached hydrogens (tertiary/aromatic N) is 4. The third kappa shape index (κ3) is 2.36. The van der Waals surface area contributed by atoms with Crippen LogP contribution in [0.3, 0.4) is 0 Å². The number of methoxy groups -OCH3 is 1. The fourth-order valence-electron chi connectivity index (χ4n) is 3.14. The predicted molar refractivity (Wildman–Crippen MR) is 93.2 cm³/mol. The number of fused-ring (bicyclic) bond motifs is 1. The van der Waals surface area contributed by atoms with Crippen molar-refractivity contribution in [2.24, 2.45) is 0 Å². The molecule has 1 fully saturated rings. The van der Waals surface area contributed by atoms with Crippen LogP contribution >= 0.6 is 0 Å². The van der Waals surface area contributed by atoms with Crippen molar-refractivity contribution >= 4 is 11.0 Å². The Balaban J connectivity index is 1.76. The third-order valence-electron chi connectivity index (χ3n) is 4.59. The van der Waals surface area contributed by atoms with Crippen LogP contribution in [0.25, 0.3) is 33.4 Å². The van der Waals surface area contributed by atoms with Gasteiger partial charge in [-0.15, -0.1) is 0 Å². The molecule has 0 aromatic carbocycles. The Kier molecular flexibility index (Phi) is 3.06. The molecule has 7 heteroatoms. The van der Waals surface area contributed by atoms with E-state index in [0.29, 0.717) is 11.8 Å². The standard InChI is InChI=1S/C18H16N6O/c1-25-15-5-4-11(7-19-15)13-6-14(12-8-20-21-9-12)22-18-16(13)17(23-24-18)10-2-3-10/h4-10H,2-3H2,1H3,(H,20,21)(H,22,23,24). The minimum absolute atomic E-state index is 0.552. The number of aromatic nitrogens is 6. The molecule has 5 rings (SSSR count). The van der Waals surface area contributed by atoms with Gasteiger partial charge in [-0.1, -0.05) is 0 Å². The normalized spacial score (nSPS) is 14.1. The van der Waals surface area contributed by atoms with Crippen molar-refractivity contribution in [1.29, 1.82) is 0 Å². The monoisotopic (exact) mass is 332 g/mol. The summed E-state index contributed by atoms with van der Waals surface area (Å²) in [6.07, 6.45) is 7.82. The lowest BCUT2D eigenvalue weighted by atomic mass is 10.00. The van der Waals surface area contributed by atoms with Gasteiger partial charge in [-0.25, -0.2) is 9.97 Å². The molecule has 0 spiro atoms. The van der Waals surface area contributed by atoms with Gasteiger partial charge in [0.15, 0.2) is 5.65 Å². The summed E-state index contributed by atoms with van der Waals surface area (Å²) < 4.78 is 5.18. The smallest absolute Gasteiger partial charge is 0.212 e. The predicted octanol–water partition coefficient (Wildman–Crippen LogP) is 3.30. The van der Waals surface area contributed by atoms with Crippen LogP contribution in [0.4, 0.5) is 0 Å². The summed E-state index contributed by atoms with van der Waals surface area (Å²) in [5.41, 5.74) is 5.76. The topological polar surface area (TPSA) is 92.4 Å². The number of H-pyrrole nitrogens is 2. The Bertz CT molecular complexity index is 1030. The van der Waals surface area contributed by atoms with Gasteiger partial charge in [0.05, 0.1) is 24.4 Å². The van der Waals surface area contributed by atoms with Crippen LogP contribution in [0.2, 0.25) is 0 Å². The number of rotatable bonds is 4. The zero-order chi connectivity index (χ0) is 16.8. The fraction of sp³-hybridized carbons (Fsp3) is 0.222. The third-order valence-corrected chi connectivity index (χ3v) is 4.59. The molecular formula is C18H16N6O. The highest BCUT2D eigenvalue weighted by molar-refractivity contribution is 5.97. The molecular weight excluding hydrogens is 316 g/mol. The molecule has 0 aliphatic heterocycles. The zero-order valence-electron chi connectivity index (χ0n) is 13.7. The van der Waals surface area contributed by atoms with Gasteiger partial charge >= 0.3 is 0 Å². The summed E-state index contributed by atoms with van der Waals surface area (Å²) in [7, 11) is 1.62. The summed E-state index contributed by atoms with van der Waals surface area (Å²) in [5.74, 6) is 1.15. The molecule has 1 aliphatic rings. The summed E-state index contributed by atoms with van der Waals surface area (Å²) in [4.78, 5) is 9.08. The molecule has 4 heterocycles. The second kappa shape index (κ2) is 5.41. The van der Waals surface area contributed by atoms with Crippen LogP contribution in [-0.4, -0.2) is 37.5 Å². The maximum absolute atomic E-state index is 5.18. The number of hydrogen-bond acceptors (Lipinski definition) is 5. The number of ether oxygens (including phenoxy) is 1. The summed E-state index contributed by atoms with van der Waals surface area (Å²) in [5, 5.41) is 15.6. The summed E-state index contributed by atoms with van der Waals surface area (Å²) in [6.45, 7) is 0. The SMILES string of the molecule is COc1ccc(-c2cc(-c3cn[nH]c3)nc3n[nH]c(C4CC4)c23)cn1. The summed E-state index contributed by atoms with van der Waals surface area (Å²) in [6, 6.07) is 5.97. The van der Waals surface area contributed by atoms with Crippen LogP contribution in [0, 0.1) is 0 Å². The Morgan fingerprint density at radius 3 is 2.76 bits per heavy atom. The summed E-state index contributed by atoms with van der Waals surface area (Å²) >= 11 is 0. The Morgan fingerprint density at radius 1 is 1.16 bits per heavy atom. The molecule has 2 N–H and O–H groups in total. The van der Waals surface area contributed by atoms with E-state index >= 15 is 0 Å². The molecule has 1 saturated carbocycles. The molecule has 25 heavy (non-hydrogen) atoms. The Morgan fingerprint density at radius 2 is 2.08 bits per heavy atom. The van der Waals surface area contributed by atoms with Crippen LogP contribution in [-0.2, 0) is 0 Å². The van der Waals surface area contributed by atoms with E-state index in [1.54, 1.807) is 13.3 Å². The van der Waals surface area contributed by atoms with Crippen LogP contribution in [0.5, 0.6) is 5.88 Å². The number of hydrogen-bond donors (Lipinski definition) is 2. The molecule has 0 bridgehead atoms. The fourth-order valence-corrected chi connectivity index (χ4v) is 3.14. The van der Waals surface area contributed by atoms with Crippen molar-refractivity contribution in [3.63, 3.8) is 0 Å². The lowest BCUT2D eigenvalue weighted by molar-refractivity contribution is 0.398. The van der Waals surface area contributed by atoms with Crippen molar-refractivity contribution in [3.8, 4) is 28.3 Å². The molecule has 0 saturated heterocycles. The zero-order valence-corrected chi connectivity index (χ0v) is 13.7. The van der Waals surface area contributed by atoms with E-state index in [1.807, 2.05) is 24.5 Å². The van der Waals surface area contributed by atoms with Crippen molar-refractivity contribution in [1.82, 2.24) is 30.4 Å². The quantitative estimate of drug-likeness (QED) is 0.598. The second-order valence-corrected chi connectivity index (χ2v) is 6.24. The van der Waals surface area contributed by atoms with E-state index < -0.39 is 0 Å². The van der Waals surface area contributed by atoms with Gasteiger partial charge in [-0.2, -0.15) is 10.2 Å². The molecule has 4 aromatic heterocycles. The number of nitrogens with one attached hydrogen (secondary N) is 2. The van der Waals surface area contributed by atoms with Gasteiger partial charge in [-0.05, 0) is 30.5 Å². The van der Waals surface area contributed by atoms with Gasteiger partial charge in [0.1, 0.15) is 0 Å². The molecule has 7 nitrogen and oxygen atoms in total. The highest BCUT2D eigenvalue weighted by atomic mass is 16.5. The van der Waals surface area contributed by atoms with Gasteiger partial charge in [0, 0.05) is 41.2 Å². The first kappa shape index (κ1) is 14.2. The maximum Gasteiger partial charge on any atom is 0.212 e. The highest BCUT2D eigenvalue weighted by Gasteiger charge is 2.29. The van der Waals surface area contributed by atoms with Crippen LogP contribution in [0.15, 0.2) is 36.8 Å². The highest BCUT2D eigenvalue weighted by Crippen LogP contribution is 2.44. The van der Waals surface area contributed by atoms with Crippen molar-refractivity contribution < 1.29 is 4.74 Å². The molecule has 0 amide bonds. The molecule has 0 radical (unpaired) electrons. The minimum atomic E-state index is 0.552. The van der Waals surface area contributed by atoms with E-state index in [-0.39, 0.29) is 0 Å². The molecule has 124 valence electrons. The van der Waals surface area contributed by atoms with Gasteiger partial charge < -0.3 is 4.74 Å². The van der Waals surface area contributed by atoms with Crippen molar-refractivity contribution in [2.45, 2.75) is 18.8 Å². The lowest BCUT2D eigenvalue weighted by Crippen LogP contribution is -1.91. The van der Waals surface area contributed by atoms with E-state index in [1.165, 1.54) is 18.5 Å². The lowest BCUT2D eigenvalue weighted by Gasteiger charge is -2.08. The average Bonchev–Trinajstić information content (AvgIpc) is 3.19. The molecule has 0 unspecified atom stereocenters. The average molecular weight is 332 g/mol. The van der Waals surface area contributed by atoms with Gasteiger partial charge in [-0.3, -0.25) is 10.2 Å². The number of pyridine rings is 2. The second-order valence-electron chi connectivity index (χ2n) is 6.24. The minimum Gasteiger partial charge on any atom is -0.481 e. The van der Waals surface area contributed by atoms with Crippen molar-refractivity contribution in [2.75, 3.05) is 7.11 Å². The first-order valence-electron chi connectivity index (χ1n) is 8.22. The first-order chi connectivity index (χ1) is 12.3. The van der Waals surface area contributed by atoms with Crippen LogP contribution in [0.1, 0.15) is 24.5 Å². The van der Waals surface area contributed by atoms with E-state index in [2.05, 4.69) is 31.4 Å². The number of aromatic amines is 2. The molecule has 0 atom stereocenters.